The predicted molar refractivity (Wildman–Crippen MR) is 121 cm³/mol. The van der Waals surface area contributed by atoms with E-state index in [1.807, 2.05) is 0 Å². The molecule has 3 aromatic rings. The van der Waals surface area contributed by atoms with Gasteiger partial charge in [0.1, 0.15) is 22.9 Å². The molecule has 0 aliphatic heterocycles. The second-order valence-corrected chi connectivity index (χ2v) is 8.21. The van der Waals surface area contributed by atoms with Gasteiger partial charge >= 0.3 is 0 Å². The van der Waals surface area contributed by atoms with Gasteiger partial charge in [-0.15, -0.1) is 0 Å². The monoisotopic (exact) mass is 458 g/mol. The van der Waals surface area contributed by atoms with Crippen molar-refractivity contribution < 1.29 is 14.3 Å². The number of nitrogens with two attached hydrogens (primary N) is 1. The number of aromatic nitrogens is 2. The second-order valence-electron chi connectivity index (χ2n) is 7.45. The number of carbonyl (C=O) groups is 2. The number of para-hydroxylation sites is 1. The van der Waals surface area contributed by atoms with Gasteiger partial charge in [0.25, 0.3) is 5.91 Å². The fourth-order valence-corrected chi connectivity index (χ4v) is 4.04. The van der Waals surface area contributed by atoms with E-state index in [9.17, 15) is 9.59 Å². The number of Topliss-reactive ketones (excluding diaryl/α,β-unsaturated/α-hetero) is 1. The zero-order valence-corrected chi connectivity index (χ0v) is 18.3. The second kappa shape index (κ2) is 8.69. The maximum absolute atomic E-state index is 13.1. The van der Waals surface area contributed by atoms with E-state index in [0.29, 0.717) is 23.2 Å². The number of ether oxygens (including phenoxy) is 1. The number of rotatable bonds is 7. The minimum atomic E-state index is -0.503. The molecule has 160 valence electrons. The maximum Gasteiger partial charge on any atom is 0.257 e. The van der Waals surface area contributed by atoms with Crippen LogP contribution in [0, 0.1) is 5.92 Å². The lowest BCUT2D eigenvalue weighted by atomic mass is 10.0. The molecule has 1 aliphatic rings. The number of nitrogen functional groups attached to an aromatic ring is 1. The Balaban J connectivity index is 1.70. The summed E-state index contributed by atoms with van der Waals surface area (Å²) in [5.74, 6) is 0.503. The molecule has 0 atom stereocenters. The van der Waals surface area contributed by atoms with E-state index < -0.39 is 5.91 Å². The smallest absolute Gasteiger partial charge is 0.257 e. The third-order valence-corrected chi connectivity index (χ3v) is 6.11. The zero-order valence-electron chi connectivity index (χ0n) is 16.7. The van der Waals surface area contributed by atoms with Crippen LogP contribution in [0.15, 0.2) is 30.6 Å². The Labute approximate surface area is 188 Å². The molecule has 0 bridgehead atoms. The average molecular weight is 459 g/mol. The summed E-state index contributed by atoms with van der Waals surface area (Å²) in [6, 6.07) is 6.53. The number of ketones is 1. The van der Waals surface area contributed by atoms with Gasteiger partial charge in [-0.2, -0.15) is 0 Å². The van der Waals surface area contributed by atoms with Gasteiger partial charge in [0.05, 0.1) is 28.9 Å². The number of halogens is 2. The summed E-state index contributed by atoms with van der Waals surface area (Å²) >= 11 is 12.9. The number of hydrogen-bond donors (Lipinski definition) is 2. The Bertz CT molecular complexity index is 1200. The topological polar surface area (TPSA) is 107 Å². The molecule has 1 aliphatic carbocycles. The molecule has 1 saturated carbocycles. The van der Waals surface area contributed by atoms with Crippen molar-refractivity contribution in [2.45, 2.75) is 25.7 Å². The van der Waals surface area contributed by atoms with Crippen molar-refractivity contribution in [3.05, 3.63) is 51.8 Å². The summed E-state index contributed by atoms with van der Waals surface area (Å²) in [6.45, 7) is 0. The number of hydrogen-bond acceptors (Lipinski definition) is 6. The Morgan fingerprint density at radius 3 is 2.68 bits per heavy atom. The molecule has 31 heavy (non-hydrogen) atoms. The molecule has 0 spiro atoms. The summed E-state index contributed by atoms with van der Waals surface area (Å²) in [7, 11) is 1.43. The van der Waals surface area contributed by atoms with Crippen LogP contribution < -0.4 is 15.8 Å². The molecule has 1 heterocycles. The lowest BCUT2D eigenvalue weighted by molar-refractivity contribution is 0.0975. The van der Waals surface area contributed by atoms with Crippen LogP contribution in [-0.4, -0.2) is 28.8 Å². The summed E-state index contributed by atoms with van der Waals surface area (Å²) in [4.78, 5) is 34.0. The number of nitrogens with zero attached hydrogens (tertiary/aromatic N) is 2. The van der Waals surface area contributed by atoms with Crippen molar-refractivity contribution in [3.63, 3.8) is 0 Å². The van der Waals surface area contributed by atoms with E-state index in [4.69, 9.17) is 33.7 Å². The first kappa shape index (κ1) is 21.3. The van der Waals surface area contributed by atoms with Crippen molar-refractivity contribution in [1.82, 2.24) is 9.97 Å². The van der Waals surface area contributed by atoms with Gasteiger partial charge in [0, 0.05) is 17.4 Å². The highest BCUT2D eigenvalue weighted by Gasteiger charge is 2.26. The Kier molecular flexibility index (Phi) is 5.98. The lowest BCUT2D eigenvalue weighted by Gasteiger charge is -2.16. The van der Waals surface area contributed by atoms with E-state index in [1.54, 1.807) is 18.2 Å². The van der Waals surface area contributed by atoms with Crippen LogP contribution >= 0.6 is 23.2 Å². The Hall–Kier alpha value is -2.90. The maximum atomic E-state index is 13.1. The highest BCUT2D eigenvalue weighted by atomic mass is 35.5. The third-order valence-electron chi connectivity index (χ3n) is 5.34. The summed E-state index contributed by atoms with van der Waals surface area (Å²) in [5, 5.41) is 3.45. The minimum Gasteiger partial charge on any atom is -0.495 e. The molecule has 7 nitrogen and oxygen atoms in total. The van der Waals surface area contributed by atoms with Crippen molar-refractivity contribution in [1.29, 1.82) is 0 Å². The first-order chi connectivity index (χ1) is 14.9. The number of fused-ring (bicyclic) bond motifs is 1. The van der Waals surface area contributed by atoms with E-state index in [1.165, 1.54) is 19.5 Å². The van der Waals surface area contributed by atoms with E-state index >= 15 is 0 Å². The Morgan fingerprint density at radius 1 is 1.19 bits per heavy atom. The molecule has 1 aromatic heterocycles. The normalized spacial score (nSPS) is 13.3. The number of anilines is 2. The van der Waals surface area contributed by atoms with Crippen molar-refractivity contribution >= 4 is 57.3 Å². The molecule has 1 fully saturated rings. The van der Waals surface area contributed by atoms with Gasteiger partial charge in [-0.3, -0.25) is 9.59 Å². The lowest BCUT2D eigenvalue weighted by Crippen LogP contribution is -2.15. The standard InChI is InChI=1S/C22H20Cl2N4O3/c1-31-16-9-14(15(29)8-7-11-5-6-11)17(23)20(18(16)24)28-22(30)13-4-2-3-12-19(13)26-10-27-21(12)25/h2-4,9-11H,5-8H2,1H3,(H,28,30)(H2,25,26,27). The number of benzene rings is 2. The van der Waals surface area contributed by atoms with Gasteiger partial charge < -0.3 is 15.8 Å². The summed E-state index contributed by atoms with van der Waals surface area (Å²) < 4.78 is 5.31. The largest absolute Gasteiger partial charge is 0.495 e. The Morgan fingerprint density at radius 2 is 1.97 bits per heavy atom. The highest BCUT2D eigenvalue weighted by molar-refractivity contribution is 6.43. The van der Waals surface area contributed by atoms with Gasteiger partial charge in [0.2, 0.25) is 0 Å². The molecule has 4 rings (SSSR count). The molecule has 2 aromatic carbocycles. The molecular formula is C22H20Cl2N4O3. The van der Waals surface area contributed by atoms with Crippen LogP contribution in [0.5, 0.6) is 5.75 Å². The predicted octanol–water partition coefficient (Wildman–Crippen LogP) is 5.15. The number of carbonyl (C=O) groups excluding carboxylic acids is 2. The van der Waals surface area contributed by atoms with Gasteiger partial charge in [-0.25, -0.2) is 9.97 Å². The number of nitrogens with one attached hydrogen (secondary N) is 1. The van der Waals surface area contributed by atoms with Crippen LogP contribution in [0.1, 0.15) is 46.4 Å². The van der Waals surface area contributed by atoms with Gasteiger partial charge in [0.15, 0.2) is 5.78 Å². The van der Waals surface area contributed by atoms with Crippen LogP contribution in [0.4, 0.5) is 11.5 Å². The molecule has 9 heteroatoms. The fourth-order valence-electron chi connectivity index (χ4n) is 3.42. The highest BCUT2D eigenvalue weighted by Crippen LogP contribution is 2.42. The van der Waals surface area contributed by atoms with Crippen LogP contribution in [0.2, 0.25) is 10.0 Å². The molecule has 0 radical (unpaired) electrons. The fraction of sp³-hybridized carbons (Fsp3) is 0.273. The SMILES string of the molecule is COc1cc(C(=O)CCC2CC2)c(Cl)c(NC(=O)c2cccc3c(N)ncnc23)c1Cl. The van der Waals surface area contributed by atoms with E-state index in [2.05, 4.69) is 15.3 Å². The molecule has 1 amide bonds. The third kappa shape index (κ3) is 4.29. The average Bonchev–Trinajstić information content (AvgIpc) is 3.59. The van der Waals surface area contributed by atoms with Crippen LogP contribution in [0.3, 0.4) is 0 Å². The van der Waals surface area contributed by atoms with Gasteiger partial charge in [-0.05, 0) is 30.5 Å². The van der Waals surface area contributed by atoms with Gasteiger partial charge in [-0.1, -0.05) is 42.1 Å². The van der Waals surface area contributed by atoms with E-state index in [0.717, 1.165) is 19.3 Å². The first-order valence-electron chi connectivity index (χ1n) is 9.80. The number of amides is 1. The van der Waals surface area contributed by atoms with Crippen molar-refractivity contribution in [2.24, 2.45) is 5.92 Å². The first-order valence-corrected chi connectivity index (χ1v) is 10.6. The number of methoxy groups -OCH3 is 1. The minimum absolute atomic E-state index is 0.0781. The molecule has 3 N–H and O–H groups in total. The summed E-state index contributed by atoms with van der Waals surface area (Å²) in [5.41, 5.74) is 6.93. The summed E-state index contributed by atoms with van der Waals surface area (Å²) in [6.07, 6.45) is 4.80. The van der Waals surface area contributed by atoms with Crippen LogP contribution in [0.25, 0.3) is 10.9 Å². The molecule has 0 saturated heterocycles. The molecular weight excluding hydrogens is 439 g/mol. The molecule has 0 unspecified atom stereocenters. The van der Waals surface area contributed by atoms with Crippen LogP contribution in [-0.2, 0) is 0 Å². The zero-order chi connectivity index (χ0) is 22.1. The quantitative estimate of drug-likeness (QED) is 0.473. The van der Waals surface area contributed by atoms with Crippen molar-refractivity contribution in [2.75, 3.05) is 18.2 Å². The van der Waals surface area contributed by atoms with Crippen molar-refractivity contribution in [3.8, 4) is 5.75 Å². The van der Waals surface area contributed by atoms with E-state index in [-0.39, 0.29) is 44.2 Å².